The van der Waals surface area contributed by atoms with E-state index in [0.29, 0.717) is 6.42 Å². The van der Waals surface area contributed by atoms with Crippen molar-refractivity contribution >= 4 is 33.8 Å². The zero-order valence-corrected chi connectivity index (χ0v) is 17.7. The zero-order chi connectivity index (χ0) is 21.0. The molecule has 1 aliphatic rings. The second kappa shape index (κ2) is 8.75. The Morgan fingerprint density at radius 3 is 2.93 bits per heavy atom. The Kier molecular flexibility index (Phi) is 6.33. The molecule has 29 heavy (non-hydrogen) atoms. The first-order valence-electron chi connectivity index (χ1n) is 9.57. The number of fused-ring (bicyclic) bond motifs is 1. The largest absolute Gasteiger partial charge is 0.310 e. The van der Waals surface area contributed by atoms with Crippen molar-refractivity contribution in [3.8, 4) is 0 Å². The number of nitrogens with zero attached hydrogens (tertiary/aromatic N) is 4. The van der Waals surface area contributed by atoms with Gasteiger partial charge in [-0.3, -0.25) is 9.48 Å². The molecule has 0 atom stereocenters. The smallest absolute Gasteiger partial charge is 0.301 e. The summed E-state index contributed by atoms with van der Waals surface area (Å²) in [5.74, 6) is 0.966. The maximum atomic E-state index is 12.1. The van der Waals surface area contributed by atoms with Crippen molar-refractivity contribution in [3.05, 3.63) is 41.2 Å². The van der Waals surface area contributed by atoms with Crippen LogP contribution in [0.4, 0.5) is 11.6 Å². The van der Waals surface area contributed by atoms with E-state index in [2.05, 4.69) is 19.7 Å². The van der Waals surface area contributed by atoms with Gasteiger partial charge in [0.1, 0.15) is 11.6 Å². The van der Waals surface area contributed by atoms with Gasteiger partial charge in [0.05, 0.1) is 5.69 Å². The summed E-state index contributed by atoms with van der Waals surface area (Å²) >= 11 is 0. The number of carbonyl (C=O) groups excluding carboxylic acids is 1. The molecule has 0 aromatic carbocycles. The molecule has 0 saturated carbocycles. The Balaban J connectivity index is 1.79. The molecule has 0 bridgehead atoms. The fourth-order valence-electron chi connectivity index (χ4n) is 3.34. The lowest BCUT2D eigenvalue weighted by Gasteiger charge is -2.19. The van der Waals surface area contributed by atoms with Crippen LogP contribution >= 0.6 is 0 Å². The van der Waals surface area contributed by atoms with E-state index < -0.39 is 16.1 Å². The molecule has 9 nitrogen and oxygen atoms in total. The van der Waals surface area contributed by atoms with Gasteiger partial charge >= 0.3 is 10.2 Å². The number of pyridine rings is 1. The van der Waals surface area contributed by atoms with E-state index in [1.165, 1.54) is 6.08 Å². The first-order valence-corrected chi connectivity index (χ1v) is 11.0. The summed E-state index contributed by atoms with van der Waals surface area (Å²) in [6.45, 7) is 4.85. The summed E-state index contributed by atoms with van der Waals surface area (Å²) in [7, 11) is -2.03. The normalized spacial score (nSPS) is 13.8. The van der Waals surface area contributed by atoms with Crippen molar-refractivity contribution < 1.29 is 13.2 Å². The summed E-state index contributed by atoms with van der Waals surface area (Å²) in [5.41, 5.74) is 2.64. The van der Waals surface area contributed by atoms with Gasteiger partial charge in [0.15, 0.2) is 0 Å². The highest BCUT2D eigenvalue weighted by atomic mass is 32.2. The SMILES string of the molecule is CCCCNS(=O)(=O)NC(=O)/C=C/c1c(C)nn(C)c1N1CCc2cccnc21. The maximum Gasteiger partial charge on any atom is 0.301 e. The molecular formula is C19H26N6O3S. The van der Waals surface area contributed by atoms with Crippen molar-refractivity contribution in [2.45, 2.75) is 33.1 Å². The first kappa shape index (κ1) is 21.0. The molecule has 2 N–H and O–H groups in total. The number of aromatic nitrogens is 3. The number of carbonyl (C=O) groups is 1. The molecule has 0 aliphatic carbocycles. The Morgan fingerprint density at radius 2 is 2.17 bits per heavy atom. The average Bonchev–Trinajstić information content (AvgIpc) is 3.19. The Labute approximate surface area is 171 Å². The van der Waals surface area contributed by atoms with Crippen LogP contribution in [0.25, 0.3) is 6.08 Å². The van der Waals surface area contributed by atoms with E-state index in [9.17, 15) is 13.2 Å². The molecule has 2 aromatic heterocycles. The lowest BCUT2D eigenvalue weighted by atomic mass is 10.2. The van der Waals surface area contributed by atoms with Gasteiger partial charge in [0, 0.05) is 38.0 Å². The Bertz CT molecular complexity index is 1030. The van der Waals surface area contributed by atoms with Gasteiger partial charge in [0.25, 0.3) is 5.91 Å². The summed E-state index contributed by atoms with van der Waals surface area (Å²) in [4.78, 5) is 18.7. The minimum Gasteiger partial charge on any atom is -0.310 e. The van der Waals surface area contributed by atoms with Crippen LogP contribution in [0.1, 0.15) is 36.6 Å². The van der Waals surface area contributed by atoms with Crippen LogP contribution < -0.4 is 14.3 Å². The molecule has 0 fully saturated rings. The Hall–Kier alpha value is -2.72. The summed E-state index contributed by atoms with van der Waals surface area (Å²) in [6, 6.07) is 3.96. The molecule has 0 radical (unpaired) electrons. The van der Waals surface area contributed by atoms with Gasteiger partial charge in [-0.25, -0.2) is 9.71 Å². The van der Waals surface area contributed by atoms with Crippen molar-refractivity contribution in [2.24, 2.45) is 7.05 Å². The van der Waals surface area contributed by atoms with Gasteiger partial charge < -0.3 is 4.90 Å². The van der Waals surface area contributed by atoms with Crippen LogP contribution in [0.5, 0.6) is 0 Å². The van der Waals surface area contributed by atoms with E-state index >= 15 is 0 Å². The van der Waals surface area contributed by atoms with Gasteiger partial charge in [-0.05, 0) is 37.5 Å². The van der Waals surface area contributed by atoms with Gasteiger partial charge in [-0.15, -0.1) is 0 Å². The molecular weight excluding hydrogens is 392 g/mol. The standard InChI is InChI=1S/C19H26N6O3S/c1-4-5-12-21-29(27,28)23-17(26)9-8-16-14(2)22-24(3)19(16)25-13-10-15-7-6-11-20-18(15)25/h6-9,11,21H,4-5,10,12-13H2,1-3H3,(H,23,26)/b9-8+. The summed E-state index contributed by atoms with van der Waals surface area (Å²) in [5, 5.41) is 4.46. The molecule has 156 valence electrons. The van der Waals surface area contributed by atoms with Crippen molar-refractivity contribution in [2.75, 3.05) is 18.0 Å². The quantitative estimate of drug-likeness (QED) is 0.498. The summed E-state index contributed by atoms with van der Waals surface area (Å²) < 4.78 is 29.9. The number of nitrogens with one attached hydrogen (secondary N) is 2. The number of anilines is 2. The Morgan fingerprint density at radius 1 is 1.38 bits per heavy atom. The van der Waals surface area contributed by atoms with Gasteiger partial charge in [-0.1, -0.05) is 19.4 Å². The third-order valence-electron chi connectivity index (χ3n) is 4.68. The number of hydrogen-bond acceptors (Lipinski definition) is 6. The van der Waals surface area contributed by atoms with E-state index in [1.807, 2.05) is 37.7 Å². The van der Waals surface area contributed by atoms with Gasteiger partial charge in [-0.2, -0.15) is 18.2 Å². The minimum absolute atomic E-state index is 0.288. The predicted octanol–water partition coefficient (Wildman–Crippen LogP) is 1.58. The number of hydrogen-bond donors (Lipinski definition) is 2. The lowest BCUT2D eigenvalue weighted by molar-refractivity contribution is -0.114. The molecule has 3 heterocycles. The number of unbranched alkanes of at least 4 members (excludes halogenated alkanes) is 1. The van der Waals surface area contributed by atoms with E-state index in [0.717, 1.165) is 47.8 Å². The van der Waals surface area contributed by atoms with Crippen molar-refractivity contribution in [1.82, 2.24) is 24.2 Å². The molecule has 0 unspecified atom stereocenters. The number of aryl methyl sites for hydroxylation is 2. The highest BCUT2D eigenvalue weighted by molar-refractivity contribution is 7.88. The molecule has 3 rings (SSSR count). The third kappa shape index (κ3) is 4.83. The van der Waals surface area contributed by atoms with Crippen LogP contribution in [-0.4, -0.2) is 42.2 Å². The molecule has 1 amide bonds. The van der Waals surface area contributed by atoms with Gasteiger partial charge in [0.2, 0.25) is 0 Å². The maximum absolute atomic E-state index is 12.1. The molecule has 2 aromatic rings. The van der Waals surface area contributed by atoms with Crippen LogP contribution in [0.15, 0.2) is 24.4 Å². The second-order valence-electron chi connectivity index (χ2n) is 6.89. The van der Waals surface area contributed by atoms with Crippen LogP contribution in [0.3, 0.4) is 0 Å². The van der Waals surface area contributed by atoms with Crippen LogP contribution in [0, 0.1) is 6.92 Å². The van der Waals surface area contributed by atoms with E-state index in [-0.39, 0.29) is 6.54 Å². The van der Waals surface area contributed by atoms with E-state index in [1.54, 1.807) is 17.0 Å². The van der Waals surface area contributed by atoms with E-state index in [4.69, 9.17) is 0 Å². The topological polar surface area (TPSA) is 109 Å². The highest BCUT2D eigenvalue weighted by Gasteiger charge is 2.26. The average molecular weight is 419 g/mol. The van der Waals surface area contributed by atoms with Crippen molar-refractivity contribution in [3.63, 3.8) is 0 Å². The van der Waals surface area contributed by atoms with Crippen molar-refractivity contribution in [1.29, 1.82) is 0 Å². The zero-order valence-electron chi connectivity index (χ0n) is 16.8. The predicted molar refractivity (Wildman–Crippen MR) is 112 cm³/mol. The second-order valence-corrected chi connectivity index (χ2v) is 8.38. The first-order chi connectivity index (χ1) is 13.8. The summed E-state index contributed by atoms with van der Waals surface area (Å²) in [6.07, 6.45) is 6.98. The fourth-order valence-corrected chi connectivity index (χ4v) is 4.15. The van der Waals surface area contributed by atoms with Crippen LogP contribution in [-0.2, 0) is 28.5 Å². The third-order valence-corrected chi connectivity index (χ3v) is 5.73. The fraction of sp³-hybridized carbons (Fsp3) is 0.421. The number of rotatable bonds is 8. The molecule has 0 saturated heterocycles. The van der Waals surface area contributed by atoms with Crippen LogP contribution in [0.2, 0.25) is 0 Å². The highest BCUT2D eigenvalue weighted by Crippen LogP contribution is 2.35. The minimum atomic E-state index is -3.87. The molecule has 1 aliphatic heterocycles. The molecule has 0 spiro atoms. The monoisotopic (exact) mass is 418 g/mol. The number of amides is 1. The molecule has 10 heteroatoms. The lowest BCUT2D eigenvalue weighted by Crippen LogP contribution is -2.39.